The molecule has 1 atom stereocenters. The second-order valence-corrected chi connectivity index (χ2v) is 4.71. The van der Waals surface area contributed by atoms with Crippen molar-refractivity contribution >= 4 is 27.5 Å². The van der Waals surface area contributed by atoms with Crippen LogP contribution in [0.15, 0.2) is 22.8 Å². The van der Waals surface area contributed by atoms with Crippen molar-refractivity contribution in [3.05, 3.63) is 22.8 Å². The SMILES string of the molecule is CC(=O)C1CCCN1c1cc(Br)ccn1. The van der Waals surface area contributed by atoms with Crippen molar-refractivity contribution in [1.82, 2.24) is 4.98 Å². The van der Waals surface area contributed by atoms with Crippen LogP contribution in [0.1, 0.15) is 19.8 Å². The summed E-state index contributed by atoms with van der Waals surface area (Å²) < 4.78 is 1.00. The first kappa shape index (κ1) is 10.6. The van der Waals surface area contributed by atoms with Crippen LogP contribution in [0, 0.1) is 0 Å². The minimum Gasteiger partial charge on any atom is -0.347 e. The maximum Gasteiger partial charge on any atom is 0.152 e. The fourth-order valence-electron chi connectivity index (χ4n) is 2.01. The number of carbonyl (C=O) groups excluding carboxylic acids is 1. The van der Waals surface area contributed by atoms with Gasteiger partial charge in [-0.25, -0.2) is 4.98 Å². The average molecular weight is 269 g/mol. The Balaban J connectivity index is 2.26. The molecule has 0 aliphatic carbocycles. The smallest absolute Gasteiger partial charge is 0.152 e. The second-order valence-electron chi connectivity index (χ2n) is 3.79. The summed E-state index contributed by atoms with van der Waals surface area (Å²) in [6.45, 7) is 2.58. The second kappa shape index (κ2) is 4.31. The summed E-state index contributed by atoms with van der Waals surface area (Å²) in [4.78, 5) is 17.8. The molecule has 1 saturated heterocycles. The van der Waals surface area contributed by atoms with Gasteiger partial charge in [-0.05, 0) is 31.9 Å². The Hall–Kier alpha value is -0.900. The zero-order valence-corrected chi connectivity index (χ0v) is 10.2. The van der Waals surface area contributed by atoms with E-state index >= 15 is 0 Å². The lowest BCUT2D eigenvalue weighted by molar-refractivity contribution is -0.118. The fourth-order valence-corrected chi connectivity index (χ4v) is 2.34. The van der Waals surface area contributed by atoms with Crippen LogP contribution in [0.4, 0.5) is 5.82 Å². The van der Waals surface area contributed by atoms with Gasteiger partial charge in [0.2, 0.25) is 0 Å². The molecular formula is C11H13BrN2O. The largest absolute Gasteiger partial charge is 0.347 e. The van der Waals surface area contributed by atoms with Crippen LogP contribution in [-0.2, 0) is 4.79 Å². The van der Waals surface area contributed by atoms with Crippen molar-refractivity contribution in [1.29, 1.82) is 0 Å². The lowest BCUT2D eigenvalue weighted by Crippen LogP contribution is -2.35. The van der Waals surface area contributed by atoms with E-state index in [1.54, 1.807) is 13.1 Å². The Morgan fingerprint density at radius 3 is 3.13 bits per heavy atom. The number of Topliss-reactive ketones (excluding diaryl/α,β-unsaturated/α-hetero) is 1. The van der Waals surface area contributed by atoms with E-state index in [2.05, 4.69) is 25.8 Å². The van der Waals surface area contributed by atoms with Gasteiger partial charge in [-0.15, -0.1) is 0 Å². The molecule has 2 heterocycles. The minimum absolute atomic E-state index is 0.0202. The fraction of sp³-hybridized carbons (Fsp3) is 0.455. The number of hydrogen-bond acceptors (Lipinski definition) is 3. The van der Waals surface area contributed by atoms with E-state index in [4.69, 9.17) is 0 Å². The number of hydrogen-bond donors (Lipinski definition) is 0. The van der Waals surface area contributed by atoms with E-state index in [0.717, 1.165) is 29.7 Å². The molecule has 80 valence electrons. The van der Waals surface area contributed by atoms with Gasteiger partial charge in [0.1, 0.15) is 5.82 Å². The highest BCUT2D eigenvalue weighted by molar-refractivity contribution is 9.10. The van der Waals surface area contributed by atoms with Crippen LogP contribution in [0.5, 0.6) is 0 Å². The molecule has 15 heavy (non-hydrogen) atoms. The minimum atomic E-state index is 0.0202. The average Bonchev–Trinajstić information content (AvgIpc) is 2.65. The summed E-state index contributed by atoms with van der Waals surface area (Å²) in [7, 11) is 0. The van der Waals surface area contributed by atoms with Crippen LogP contribution >= 0.6 is 15.9 Å². The molecule has 0 aromatic carbocycles. The number of anilines is 1. The Labute approximate surface area is 97.6 Å². The molecule has 0 saturated carbocycles. The van der Waals surface area contributed by atoms with Gasteiger partial charge in [-0.2, -0.15) is 0 Å². The van der Waals surface area contributed by atoms with Gasteiger partial charge in [-0.1, -0.05) is 15.9 Å². The Bertz CT molecular complexity index is 381. The van der Waals surface area contributed by atoms with E-state index in [1.165, 1.54) is 0 Å². The molecule has 0 N–H and O–H groups in total. The molecule has 4 heteroatoms. The van der Waals surface area contributed by atoms with Crippen molar-refractivity contribution in [2.45, 2.75) is 25.8 Å². The Morgan fingerprint density at radius 2 is 2.47 bits per heavy atom. The number of ketones is 1. The number of aromatic nitrogens is 1. The number of pyridine rings is 1. The highest BCUT2D eigenvalue weighted by Crippen LogP contribution is 2.25. The molecule has 0 radical (unpaired) electrons. The van der Waals surface area contributed by atoms with Gasteiger partial charge >= 0.3 is 0 Å². The van der Waals surface area contributed by atoms with Crippen LogP contribution in [0.25, 0.3) is 0 Å². The normalized spacial score (nSPS) is 20.7. The van der Waals surface area contributed by atoms with E-state index < -0.39 is 0 Å². The number of carbonyl (C=O) groups is 1. The Kier molecular flexibility index (Phi) is 3.05. The number of halogens is 1. The summed E-state index contributed by atoms with van der Waals surface area (Å²) in [5, 5.41) is 0. The van der Waals surface area contributed by atoms with Gasteiger partial charge in [0, 0.05) is 17.2 Å². The molecular weight excluding hydrogens is 256 g/mol. The molecule has 1 aromatic heterocycles. The Morgan fingerprint density at radius 1 is 1.67 bits per heavy atom. The first-order valence-electron chi connectivity index (χ1n) is 5.07. The highest BCUT2D eigenvalue weighted by atomic mass is 79.9. The lowest BCUT2D eigenvalue weighted by Gasteiger charge is -2.23. The summed E-state index contributed by atoms with van der Waals surface area (Å²) in [5.74, 6) is 1.12. The topological polar surface area (TPSA) is 33.2 Å². The van der Waals surface area contributed by atoms with Crippen molar-refractivity contribution in [2.75, 3.05) is 11.4 Å². The van der Waals surface area contributed by atoms with Gasteiger partial charge in [-0.3, -0.25) is 4.79 Å². The van der Waals surface area contributed by atoms with Gasteiger partial charge in [0.05, 0.1) is 6.04 Å². The predicted octanol–water partition coefficient (Wildman–Crippen LogP) is 2.40. The quantitative estimate of drug-likeness (QED) is 0.826. The van der Waals surface area contributed by atoms with Gasteiger partial charge in [0.25, 0.3) is 0 Å². The maximum absolute atomic E-state index is 11.4. The molecule has 0 amide bonds. The standard InChI is InChI=1S/C11H13BrN2O/c1-8(15)10-3-2-6-14(10)11-7-9(12)4-5-13-11/h4-5,7,10H,2-3,6H2,1H3. The monoisotopic (exact) mass is 268 g/mol. The van der Waals surface area contributed by atoms with E-state index in [0.29, 0.717) is 0 Å². The first-order chi connectivity index (χ1) is 7.18. The molecule has 1 aliphatic rings. The van der Waals surface area contributed by atoms with Crippen LogP contribution < -0.4 is 4.90 Å². The molecule has 1 aliphatic heterocycles. The zero-order valence-electron chi connectivity index (χ0n) is 8.61. The highest BCUT2D eigenvalue weighted by Gasteiger charge is 2.28. The van der Waals surface area contributed by atoms with E-state index in [-0.39, 0.29) is 11.8 Å². The first-order valence-corrected chi connectivity index (χ1v) is 5.86. The molecule has 1 unspecified atom stereocenters. The summed E-state index contributed by atoms with van der Waals surface area (Å²) in [6, 6.07) is 3.87. The van der Waals surface area contributed by atoms with Crippen LogP contribution in [-0.4, -0.2) is 23.4 Å². The third-order valence-corrected chi connectivity index (χ3v) is 3.22. The molecule has 0 bridgehead atoms. The molecule has 2 rings (SSSR count). The molecule has 0 spiro atoms. The maximum atomic E-state index is 11.4. The van der Waals surface area contributed by atoms with Gasteiger partial charge in [0.15, 0.2) is 5.78 Å². The lowest BCUT2D eigenvalue weighted by atomic mass is 10.1. The van der Waals surface area contributed by atoms with Crippen molar-refractivity contribution in [2.24, 2.45) is 0 Å². The molecule has 1 fully saturated rings. The van der Waals surface area contributed by atoms with Crippen molar-refractivity contribution < 1.29 is 4.79 Å². The van der Waals surface area contributed by atoms with Crippen LogP contribution in [0.2, 0.25) is 0 Å². The third kappa shape index (κ3) is 2.20. The van der Waals surface area contributed by atoms with Gasteiger partial charge < -0.3 is 4.90 Å². The summed E-state index contributed by atoms with van der Waals surface area (Å²) in [5.41, 5.74) is 0. The third-order valence-electron chi connectivity index (χ3n) is 2.72. The summed E-state index contributed by atoms with van der Waals surface area (Å²) >= 11 is 3.41. The number of rotatable bonds is 2. The molecule has 1 aromatic rings. The van der Waals surface area contributed by atoms with Crippen molar-refractivity contribution in [3.63, 3.8) is 0 Å². The summed E-state index contributed by atoms with van der Waals surface area (Å²) in [6.07, 6.45) is 3.77. The number of nitrogens with zero attached hydrogens (tertiary/aromatic N) is 2. The van der Waals surface area contributed by atoms with E-state index in [1.807, 2.05) is 12.1 Å². The predicted molar refractivity (Wildman–Crippen MR) is 63.0 cm³/mol. The van der Waals surface area contributed by atoms with Crippen molar-refractivity contribution in [3.8, 4) is 0 Å². The van der Waals surface area contributed by atoms with Crippen LogP contribution in [0.3, 0.4) is 0 Å². The molecule has 3 nitrogen and oxygen atoms in total. The van der Waals surface area contributed by atoms with E-state index in [9.17, 15) is 4.79 Å². The zero-order chi connectivity index (χ0) is 10.8.